The summed E-state index contributed by atoms with van der Waals surface area (Å²) in [5.74, 6) is 0. The van der Waals surface area contributed by atoms with Crippen LogP contribution in [0.15, 0.2) is 0 Å². The summed E-state index contributed by atoms with van der Waals surface area (Å²) in [4.78, 5) is 0. The molecule has 1 aliphatic rings. The monoisotopic (exact) mass is 174 g/mol. The zero-order valence-corrected chi connectivity index (χ0v) is 10.2. The first-order valence-corrected chi connectivity index (χ1v) is 6.00. The van der Waals surface area contributed by atoms with E-state index in [2.05, 4.69) is 0 Å². The molecular formula is C12H30. The van der Waals surface area contributed by atoms with E-state index < -0.39 is 0 Å². The van der Waals surface area contributed by atoms with E-state index >= 15 is 0 Å². The number of hydrogen-bond donors (Lipinski definition) is 0. The lowest BCUT2D eigenvalue weighted by Gasteiger charge is -2.05. The van der Waals surface area contributed by atoms with Crippen LogP contribution in [-0.4, -0.2) is 0 Å². The Morgan fingerprint density at radius 3 is 0.500 bits per heavy atom. The highest BCUT2D eigenvalue weighted by molar-refractivity contribution is 4.51. The first-order chi connectivity index (χ1) is 6.00. The van der Waals surface area contributed by atoms with E-state index in [1.165, 1.54) is 38.5 Å². The molecule has 1 rings (SSSR count). The SMILES string of the molecule is C1CCCCC1.CC.CC.CC. The summed E-state index contributed by atoms with van der Waals surface area (Å²) in [5.41, 5.74) is 0. The molecule has 1 saturated carbocycles. The van der Waals surface area contributed by atoms with Crippen LogP contribution in [0.3, 0.4) is 0 Å². The van der Waals surface area contributed by atoms with Gasteiger partial charge in [-0.1, -0.05) is 80.1 Å². The minimum atomic E-state index is 1.50. The summed E-state index contributed by atoms with van der Waals surface area (Å²) < 4.78 is 0. The van der Waals surface area contributed by atoms with Gasteiger partial charge in [0.25, 0.3) is 0 Å². The normalized spacial score (nSPS) is 13.5. The lowest BCUT2D eigenvalue weighted by Crippen LogP contribution is -1.85. The van der Waals surface area contributed by atoms with Gasteiger partial charge in [-0.2, -0.15) is 0 Å². The van der Waals surface area contributed by atoms with E-state index in [1.54, 1.807) is 0 Å². The predicted molar refractivity (Wildman–Crippen MR) is 61.7 cm³/mol. The van der Waals surface area contributed by atoms with Crippen molar-refractivity contribution in [3.8, 4) is 0 Å². The van der Waals surface area contributed by atoms with Crippen LogP contribution in [0.25, 0.3) is 0 Å². The molecule has 0 aliphatic heterocycles. The van der Waals surface area contributed by atoms with Crippen LogP contribution in [0.5, 0.6) is 0 Å². The second kappa shape index (κ2) is 30.6. The second-order valence-corrected chi connectivity index (χ2v) is 2.12. The minimum absolute atomic E-state index is 1.50. The van der Waals surface area contributed by atoms with Crippen molar-refractivity contribution in [1.29, 1.82) is 0 Å². The molecule has 78 valence electrons. The molecule has 0 atom stereocenters. The van der Waals surface area contributed by atoms with Crippen molar-refractivity contribution in [2.75, 3.05) is 0 Å². The quantitative estimate of drug-likeness (QED) is 0.460. The van der Waals surface area contributed by atoms with Crippen molar-refractivity contribution < 1.29 is 0 Å². The Morgan fingerprint density at radius 1 is 0.333 bits per heavy atom. The topological polar surface area (TPSA) is 0 Å². The summed E-state index contributed by atoms with van der Waals surface area (Å²) in [6.45, 7) is 12.0. The summed E-state index contributed by atoms with van der Waals surface area (Å²) in [7, 11) is 0. The molecule has 1 aliphatic carbocycles. The fourth-order valence-electron chi connectivity index (χ4n) is 1.06. The van der Waals surface area contributed by atoms with Crippen LogP contribution < -0.4 is 0 Å². The average molecular weight is 174 g/mol. The van der Waals surface area contributed by atoms with E-state index in [0.29, 0.717) is 0 Å². The van der Waals surface area contributed by atoms with Crippen LogP contribution in [0.2, 0.25) is 0 Å². The summed E-state index contributed by atoms with van der Waals surface area (Å²) in [6.07, 6.45) is 9.00. The van der Waals surface area contributed by atoms with Gasteiger partial charge in [0.15, 0.2) is 0 Å². The van der Waals surface area contributed by atoms with Crippen molar-refractivity contribution in [2.45, 2.75) is 80.1 Å². The Morgan fingerprint density at radius 2 is 0.417 bits per heavy atom. The maximum absolute atomic E-state index is 2.00. The fourth-order valence-corrected chi connectivity index (χ4v) is 1.06. The van der Waals surface area contributed by atoms with E-state index in [-0.39, 0.29) is 0 Å². The molecule has 0 aromatic heterocycles. The van der Waals surface area contributed by atoms with Crippen molar-refractivity contribution in [3.05, 3.63) is 0 Å². The molecule has 1 fully saturated rings. The average Bonchev–Trinajstić information content (AvgIpc) is 2.29. The molecule has 0 aromatic carbocycles. The third-order valence-corrected chi connectivity index (χ3v) is 1.50. The first kappa shape index (κ1) is 17.9. The lowest BCUT2D eigenvalue weighted by atomic mass is 10.0. The summed E-state index contributed by atoms with van der Waals surface area (Å²) >= 11 is 0. The van der Waals surface area contributed by atoms with E-state index in [0.717, 1.165) is 0 Å². The Labute approximate surface area is 80.8 Å². The van der Waals surface area contributed by atoms with Crippen molar-refractivity contribution in [3.63, 3.8) is 0 Å². The van der Waals surface area contributed by atoms with E-state index in [4.69, 9.17) is 0 Å². The summed E-state index contributed by atoms with van der Waals surface area (Å²) in [5, 5.41) is 0. The molecule has 0 N–H and O–H groups in total. The molecule has 0 radical (unpaired) electrons. The second-order valence-electron chi connectivity index (χ2n) is 2.12. The highest BCUT2D eigenvalue weighted by Crippen LogP contribution is 2.15. The van der Waals surface area contributed by atoms with Gasteiger partial charge >= 0.3 is 0 Å². The molecule has 12 heavy (non-hydrogen) atoms. The van der Waals surface area contributed by atoms with Crippen molar-refractivity contribution in [1.82, 2.24) is 0 Å². The van der Waals surface area contributed by atoms with Gasteiger partial charge in [-0.05, 0) is 0 Å². The van der Waals surface area contributed by atoms with Crippen LogP contribution in [0.1, 0.15) is 80.1 Å². The fraction of sp³-hybridized carbons (Fsp3) is 1.00. The standard InChI is InChI=1S/C6H12.3C2H6/c1-2-4-6-5-3-1;3*1-2/h1-6H2;3*1-2H3. The van der Waals surface area contributed by atoms with Gasteiger partial charge < -0.3 is 0 Å². The zero-order chi connectivity index (χ0) is 10.2. The Balaban J connectivity index is -0.000000117. The van der Waals surface area contributed by atoms with Gasteiger partial charge in [0.05, 0.1) is 0 Å². The predicted octanol–water partition coefficient (Wildman–Crippen LogP) is 5.42. The van der Waals surface area contributed by atoms with Crippen LogP contribution in [0.4, 0.5) is 0 Å². The van der Waals surface area contributed by atoms with Gasteiger partial charge in [0.2, 0.25) is 0 Å². The largest absolute Gasteiger partial charge is 0.0683 e. The smallest absolute Gasteiger partial charge is 0.0533 e. The molecule has 0 saturated heterocycles. The zero-order valence-electron chi connectivity index (χ0n) is 10.2. The molecule has 0 nitrogen and oxygen atoms in total. The van der Waals surface area contributed by atoms with Gasteiger partial charge in [0, 0.05) is 0 Å². The highest BCUT2D eigenvalue weighted by atomic mass is 14.0. The molecule has 0 bridgehead atoms. The van der Waals surface area contributed by atoms with E-state index in [9.17, 15) is 0 Å². The van der Waals surface area contributed by atoms with Crippen LogP contribution >= 0.6 is 0 Å². The van der Waals surface area contributed by atoms with Gasteiger partial charge in [-0.25, -0.2) is 0 Å². The molecule has 0 spiro atoms. The van der Waals surface area contributed by atoms with E-state index in [1.807, 2.05) is 41.5 Å². The molecule has 0 amide bonds. The third kappa shape index (κ3) is 22.5. The maximum Gasteiger partial charge on any atom is -0.0533 e. The molecular weight excluding hydrogens is 144 g/mol. The Bertz CT molecular complexity index is 15.5. The Kier molecular flexibility index (Phi) is 45.6. The molecule has 0 aromatic rings. The molecule has 0 heteroatoms. The molecule has 0 heterocycles. The number of rotatable bonds is 0. The summed E-state index contributed by atoms with van der Waals surface area (Å²) in [6, 6.07) is 0. The molecule has 0 unspecified atom stereocenters. The highest BCUT2D eigenvalue weighted by Gasteiger charge is 1.95. The van der Waals surface area contributed by atoms with Gasteiger partial charge in [-0.3, -0.25) is 0 Å². The Hall–Kier alpha value is 0. The number of hydrogen-bond acceptors (Lipinski definition) is 0. The first-order valence-electron chi connectivity index (χ1n) is 6.00. The van der Waals surface area contributed by atoms with Crippen LogP contribution in [0, 0.1) is 0 Å². The minimum Gasteiger partial charge on any atom is -0.0683 e. The van der Waals surface area contributed by atoms with Crippen molar-refractivity contribution in [2.24, 2.45) is 0 Å². The lowest BCUT2D eigenvalue weighted by molar-refractivity contribution is 0.504. The van der Waals surface area contributed by atoms with Gasteiger partial charge in [-0.15, -0.1) is 0 Å². The van der Waals surface area contributed by atoms with Crippen molar-refractivity contribution >= 4 is 0 Å². The van der Waals surface area contributed by atoms with Crippen LogP contribution in [-0.2, 0) is 0 Å². The third-order valence-electron chi connectivity index (χ3n) is 1.50. The maximum atomic E-state index is 2.00. The van der Waals surface area contributed by atoms with Gasteiger partial charge in [0.1, 0.15) is 0 Å².